The van der Waals surface area contributed by atoms with Crippen molar-refractivity contribution in [1.82, 2.24) is 15.3 Å². The number of rotatable bonds is 6. The molecule has 2 aromatic heterocycles. The standard InChI is InChI=1S/C15H18BrN3S/c1-3-8-17-11(2)12-6-4-9-18-14(12)20-15-13(16)7-5-10-19-15/h4-7,9-11,17H,3,8H2,1-2H3. The van der Waals surface area contributed by atoms with E-state index in [1.54, 1.807) is 18.0 Å². The number of hydrogen-bond donors (Lipinski definition) is 1. The third kappa shape index (κ3) is 4.04. The Balaban J connectivity index is 2.22. The van der Waals surface area contributed by atoms with Gasteiger partial charge in [-0.1, -0.05) is 13.0 Å². The van der Waals surface area contributed by atoms with Crippen molar-refractivity contribution in [3.8, 4) is 0 Å². The molecule has 0 aliphatic heterocycles. The molecule has 2 heterocycles. The molecule has 0 radical (unpaired) electrons. The van der Waals surface area contributed by atoms with Crippen LogP contribution < -0.4 is 5.32 Å². The SMILES string of the molecule is CCCNC(C)c1cccnc1Sc1ncccc1Br. The Hall–Kier alpha value is -0.910. The first kappa shape index (κ1) is 15.5. The summed E-state index contributed by atoms with van der Waals surface area (Å²) in [7, 11) is 0. The van der Waals surface area contributed by atoms with Gasteiger partial charge in [-0.15, -0.1) is 0 Å². The van der Waals surface area contributed by atoms with Crippen molar-refractivity contribution >= 4 is 27.7 Å². The van der Waals surface area contributed by atoms with Gasteiger partial charge in [0, 0.05) is 24.0 Å². The van der Waals surface area contributed by atoms with Gasteiger partial charge in [0.15, 0.2) is 0 Å². The first-order valence-corrected chi connectivity index (χ1v) is 8.30. The third-order valence-corrected chi connectivity index (χ3v) is 4.84. The molecule has 1 atom stereocenters. The Morgan fingerprint density at radius 3 is 2.60 bits per heavy atom. The number of nitrogens with one attached hydrogen (secondary N) is 1. The number of halogens is 1. The second-order valence-electron chi connectivity index (χ2n) is 4.47. The van der Waals surface area contributed by atoms with Crippen molar-refractivity contribution in [3.63, 3.8) is 0 Å². The number of hydrogen-bond acceptors (Lipinski definition) is 4. The molecule has 0 aromatic carbocycles. The van der Waals surface area contributed by atoms with Crippen molar-refractivity contribution in [2.75, 3.05) is 6.54 Å². The van der Waals surface area contributed by atoms with Gasteiger partial charge in [0.05, 0.1) is 4.47 Å². The molecular formula is C15H18BrN3S. The van der Waals surface area contributed by atoms with Gasteiger partial charge in [0.25, 0.3) is 0 Å². The summed E-state index contributed by atoms with van der Waals surface area (Å²) in [5.74, 6) is 0. The van der Waals surface area contributed by atoms with E-state index in [0.717, 1.165) is 27.5 Å². The zero-order valence-electron chi connectivity index (χ0n) is 11.6. The molecule has 0 saturated heterocycles. The molecule has 2 aromatic rings. The van der Waals surface area contributed by atoms with E-state index in [9.17, 15) is 0 Å². The average molecular weight is 352 g/mol. The summed E-state index contributed by atoms with van der Waals surface area (Å²) < 4.78 is 0.996. The summed E-state index contributed by atoms with van der Waals surface area (Å²) in [6.45, 7) is 5.35. The first-order chi connectivity index (χ1) is 9.72. The molecule has 1 N–H and O–H groups in total. The van der Waals surface area contributed by atoms with E-state index in [1.165, 1.54) is 5.56 Å². The fourth-order valence-corrected chi connectivity index (χ4v) is 3.26. The van der Waals surface area contributed by atoms with Crippen LogP contribution in [0, 0.1) is 0 Å². The number of nitrogens with zero attached hydrogens (tertiary/aromatic N) is 2. The highest BCUT2D eigenvalue weighted by molar-refractivity contribution is 9.10. The fraction of sp³-hybridized carbons (Fsp3) is 0.333. The minimum atomic E-state index is 0.286. The van der Waals surface area contributed by atoms with Crippen molar-refractivity contribution in [3.05, 3.63) is 46.7 Å². The molecule has 106 valence electrons. The number of aromatic nitrogens is 2. The van der Waals surface area contributed by atoms with Gasteiger partial charge >= 0.3 is 0 Å². The Morgan fingerprint density at radius 1 is 1.20 bits per heavy atom. The topological polar surface area (TPSA) is 37.8 Å². The van der Waals surface area contributed by atoms with Gasteiger partial charge in [-0.3, -0.25) is 0 Å². The molecule has 1 unspecified atom stereocenters. The maximum atomic E-state index is 4.51. The highest BCUT2D eigenvalue weighted by atomic mass is 79.9. The van der Waals surface area contributed by atoms with Crippen LogP contribution in [0.1, 0.15) is 31.9 Å². The van der Waals surface area contributed by atoms with E-state index in [-0.39, 0.29) is 6.04 Å². The van der Waals surface area contributed by atoms with E-state index in [4.69, 9.17) is 0 Å². The Kier molecular flexibility index (Phi) is 6.01. The maximum Gasteiger partial charge on any atom is 0.116 e. The van der Waals surface area contributed by atoms with Crippen LogP contribution in [0.3, 0.4) is 0 Å². The molecule has 0 bridgehead atoms. The number of pyridine rings is 2. The highest BCUT2D eigenvalue weighted by Gasteiger charge is 2.13. The molecule has 5 heteroatoms. The van der Waals surface area contributed by atoms with E-state index >= 15 is 0 Å². The van der Waals surface area contributed by atoms with Crippen molar-refractivity contribution < 1.29 is 0 Å². The third-order valence-electron chi connectivity index (χ3n) is 2.89. The van der Waals surface area contributed by atoms with E-state index in [1.807, 2.05) is 24.4 Å². The lowest BCUT2D eigenvalue weighted by Gasteiger charge is -2.16. The molecular weight excluding hydrogens is 334 g/mol. The molecule has 0 fully saturated rings. The average Bonchev–Trinajstić information content (AvgIpc) is 2.48. The van der Waals surface area contributed by atoms with Crippen molar-refractivity contribution in [2.24, 2.45) is 0 Å². The minimum Gasteiger partial charge on any atom is -0.310 e. The van der Waals surface area contributed by atoms with Crippen LogP contribution in [0.15, 0.2) is 51.2 Å². The van der Waals surface area contributed by atoms with Gasteiger partial charge in [0.1, 0.15) is 10.1 Å². The van der Waals surface area contributed by atoms with Gasteiger partial charge in [-0.05, 0) is 65.8 Å². The van der Waals surface area contributed by atoms with Crippen LogP contribution in [0.4, 0.5) is 0 Å². The predicted molar refractivity (Wildman–Crippen MR) is 87.0 cm³/mol. The molecule has 2 rings (SSSR count). The first-order valence-electron chi connectivity index (χ1n) is 6.69. The summed E-state index contributed by atoms with van der Waals surface area (Å²) in [6.07, 6.45) is 4.75. The lowest BCUT2D eigenvalue weighted by molar-refractivity contribution is 0.560. The Morgan fingerprint density at radius 2 is 1.90 bits per heavy atom. The second-order valence-corrected chi connectivity index (χ2v) is 6.30. The summed E-state index contributed by atoms with van der Waals surface area (Å²) in [5.41, 5.74) is 1.21. The lowest BCUT2D eigenvalue weighted by atomic mass is 10.1. The smallest absolute Gasteiger partial charge is 0.116 e. The van der Waals surface area contributed by atoms with Gasteiger partial charge < -0.3 is 5.32 Å². The van der Waals surface area contributed by atoms with Crippen LogP contribution >= 0.6 is 27.7 Å². The predicted octanol–water partition coefficient (Wildman–Crippen LogP) is 4.45. The quantitative estimate of drug-likeness (QED) is 0.834. The zero-order chi connectivity index (χ0) is 14.4. The molecule has 0 spiro atoms. The van der Waals surface area contributed by atoms with E-state index < -0.39 is 0 Å². The summed E-state index contributed by atoms with van der Waals surface area (Å²) >= 11 is 5.12. The van der Waals surface area contributed by atoms with E-state index in [2.05, 4.69) is 51.1 Å². The molecule has 0 amide bonds. The lowest BCUT2D eigenvalue weighted by Crippen LogP contribution is -2.20. The minimum absolute atomic E-state index is 0.286. The van der Waals surface area contributed by atoms with Gasteiger partial charge in [-0.2, -0.15) is 0 Å². The summed E-state index contributed by atoms with van der Waals surface area (Å²) in [4.78, 5) is 8.90. The van der Waals surface area contributed by atoms with Gasteiger partial charge in [-0.25, -0.2) is 9.97 Å². The summed E-state index contributed by atoms with van der Waals surface area (Å²) in [6, 6.07) is 8.31. The second kappa shape index (κ2) is 7.76. The molecule has 0 aliphatic carbocycles. The normalized spacial score (nSPS) is 12.3. The molecule has 20 heavy (non-hydrogen) atoms. The van der Waals surface area contributed by atoms with Crippen LogP contribution in [-0.2, 0) is 0 Å². The van der Waals surface area contributed by atoms with Crippen LogP contribution in [0.5, 0.6) is 0 Å². The van der Waals surface area contributed by atoms with Crippen LogP contribution in [0.25, 0.3) is 0 Å². The maximum absolute atomic E-state index is 4.51. The highest BCUT2D eigenvalue weighted by Crippen LogP contribution is 2.34. The van der Waals surface area contributed by atoms with Crippen LogP contribution in [0.2, 0.25) is 0 Å². The molecule has 3 nitrogen and oxygen atoms in total. The molecule has 0 aliphatic rings. The zero-order valence-corrected chi connectivity index (χ0v) is 14.0. The van der Waals surface area contributed by atoms with Crippen molar-refractivity contribution in [2.45, 2.75) is 36.4 Å². The summed E-state index contributed by atoms with van der Waals surface area (Å²) in [5, 5.41) is 5.45. The van der Waals surface area contributed by atoms with E-state index in [0.29, 0.717) is 0 Å². The van der Waals surface area contributed by atoms with Crippen LogP contribution in [-0.4, -0.2) is 16.5 Å². The monoisotopic (exact) mass is 351 g/mol. The van der Waals surface area contributed by atoms with Crippen molar-refractivity contribution in [1.29, 1.82) is 0 Å². The Labute approximate surface area is 132 Å². The Bertz CT molecular complexity index is 562. The fourth-order valence-electron chi connectivity index (χ4n) is 1.83. The van der Waals surface area contributed by atoms with Gasteiger partial charge in [0.2, 0.25) is 0 Å². The largest absolute Gasteiger partial charge is 0.310 e. The molecule has 0 saturated carbocycles.